The van der Waals surface area contributed by atoms with Gasteiger partial charge in [-0.1, -0.05) is 30.3 Å². The van der Waals surface area contributed by atoms with Gasteiger partial charge in [0.15, 0.2) is 0 Å². The summed E-state index contributed by atoms with van der Waals surface area (Å²) in [7, 11) is 4.16. The van der Waals surface area contributed by atoms with Gasteiger partial charge in [-0.05, 0) is 26.1 Å². The van der Waals surface area contributed by atoms with Crippen molar-refractivity contribution in [1.82, 2.24) is 15.2 Å². The normalized spacial score (nSPS) is 21.6. The molecule has 19 heavy (non-hydrogen) atoms. The summed E-state index contributed by atoms with van der Waals surface area (Å²) in [4.78, 5) is 16.5. The minimum absolute atomic E-state index is 0.148. The molecule has 1 amide bonds. The maximum atomic E-state index is 12.1. The molecule has 1 aromatic carbocycles. The third-order valence-electron chi connectivity index (χ3n) is 3.80. The van der Waals surface area contributed by atoms with Gasteiger partial charge in [0.05, 0.1) is 0 Å². The Labute approximate surface area is 114 Å². The summed E-state index contributed by atoms with van der Waals surface area (Å²) in [5, 5.41) is 0. The first kappa shape index (κ1) is 14.0. The van der Waals surface area contributed by atoms with Crippen LogP contribution in [0.2, 0.25) is 0 Å². The van der Waals surface area contributed by atoms with Crippen LogP contribution in [-0.4, -0.2) is 48.9 Å². The van der Waals surface area contributed by atoms with Gasteiger partial charge in [-0.3, -0.25) is 15.1 Å². The van der Waals surface area contributed by atoms with E-state index in [0.717, 1.165) is 25.1 Å². The van der Waals surface area contributed by atoms with Crippen molar-refractivity contribution in [2.24, 2.45) is 5.84 Å². The number of carbonyl (C=O) groups is 1. The number of hydrogen-bond donors (Lipinski definition) is 2. The molecule has 0 aliphatic carbocycles. The average molecular weight is 262 g/mol. The number of nitrogens with two attached hydrogens (primary N) is 1. The Bertz CT molecular complexity index is 421. The molecule has 1 heterocycles. The Balaban J connectivity index is 2.18. The molecule has 2 unspecified atom stereocenters. The molecule has 2 rings (SSSR count). The first-order valence-corrected chi connectivity index (χ1v) is 6.59. The fourth-order valence-electron chi connectivity index (χ4n) is 2.67. The Hall–Kier alpha value is -1.43. The van der Waals surface area contributed by atoms with Crippen molar-refractivity contribution in [3.63, 3.8) is 0 Å². The van der Waals surface area contributed by atoms with E-state index in [4.69, 9.17) is 5.84 Å². The highest BCUT2D eigenvalue weighted by molar-refractivity contribution is 5.82. The van der Waals surface area contributed by atoms with Crippen molar-refractivity contribution in [3.8, 4) is 0 Å². The monoisotopic (exact) mass is 262 g/mol. The predicted octanol–water partition coefficient (Wildman–Crippen LogP) is 0.354. The van der Waals surface area contributed by atoms with Crippen molar-refractivity contribution in [1.29, 1.82) is 0 Å². The summed E-state index contributed by atoms with van der Waals surface area (Å²) in [5.41, 5.74) is 3.28. The fraction of sp³-hybridized carbons (Fsp3) is 0.500. The van der Waals surface area contributed by atoms with Crippen molar-refractivity contribution in [2.45, 2.75) is 18.5 Å². The van der Waals surface area contributed by atoms with Crippen LogP contribution in [-0.2, 0) is 4.79 Å². The molecule has 0 radical (unpaired) electrons. The molecule has 0 spiro atoms. The number of likely N-dealkylation sites (N-methyl/N-ethyl adjacent to an activating group) is 1. The molecule has 1 aliphatic rings. The minimum Gasteiger partial charge on any atom is -0.305 e. The average Bonchev–Trinajstić information content (AvgIpc) is 2.89. The number of likely N-dealkylation sites (tertiary alicyclic amines) is 1. The molecule has 5 nitrogen and oxygen atoms in total. The highest BCUT2D eigenvalue weighted by Gasteiger charge is 2.33. The molecule has 1 saturated heterocycles. The van der Waals surface area contributed by atoms with E-state index in [1.807, 2.05) is 30.3 Å². The standard InChI is InChI=1S/C14H22N4O/c1-17(2)12-8-9-18(10-12)13(14(19)16-15)11-6-4-3-5-7-11/h3-7,12-13H,8-10,15H2,1-2H3,(H,16,19). The van der Waals surface area contributed by atoms with Crippen LogP contribution in [0.4, 0.5) is 0 Å². The van der Waals surface area contributed by atoms with Gasteiger partial charge in [0.1, 0.15) is 6.04 Å². The summed E-state index contributed by atoms with van der Waals surface area (Å²) in [6.45, 7) is 1.80. The molecular weight excluding hydrogens is 240 g/mol. The van der Waals surface area contributed by atoms with E-state index >= 15 is 0 Å². The van der Waals surface area contributed by atoms with E-state index in [1.54, 1.807) is 0 Å². The summed E-state index contributed by atoms with van der Waals surface area (Å²) >= 11 is 0. The zero-order valence-corrected chi connectivity index (χ0v) is 11.5. The van der Waals surface area contributed by atoms with Gasteiger partial charge in [-0.15, -0.1) is 0 Å². The second kappa shape index (κ2) is 6.14. The van der Waals surface area contributed by atoms with Gasteiger partial charge >= 0.3 is 0 Å². The Kier molecular flexibility index (Phi) is 4.52. The van der Waals surface area contributed by atoms with Gasteiger partial charge in [-0.2, -0.15) is 0 Å². The number of nitrogens with zero attached hydrogens (tertiary/aromatic N) is 2. The van der Waals surface area contributed by atoms with E-state index < -0.39 is 0 Å². The molecule has 104 valence electrons. The molecule has 1 fully saturated rings. The molecule has 1 aromatic rings. The molecule has 3 N–H and O–H groups in total. The Morgan fingerprint density at radius 1 is 1.42 bits per heavy atom. The summed E-state index contributed by atoms with van der Waals surface area (Å²) in [6, 6.07) is 10.0. The van der Waals surface area contributed by atoms with E-state index in [0.29, 0.717) is 6.04 Å². The highest BCUT2D eigenvalue weighted by atomic mass is 16.2. The minimum atomic E-state index is -0.295. The highest BCUT2D eigenvalue weighted by Crippen LogP contribution is 2.26. The first-order chi connectivity index (χ1) is 9.13. The third-order valence-corrected chi connectivity index (χ3v) is 3.80. The first-order valence-electron chi connectivity index (χ1n) is 6.59. The number of hydrazine groups is 1. The van der Waals surface area contributed by atoms with Crippen LogP contribution in [0.1, 0.15) is 18.0 Å². The van der Waals surface area contributed by atoms with Gasteiger partial charge in [0.2, 0.25) is 0 Å². The van der Waals surface area contributed by atoms with Crippen LogP contribution < -0.4 is 11.3 Å². The molecule has 2 atom stereocenters. The Morgan fingerprint density at radius 3 is 2.63 bits per heavy atom. The SMILES string of the molecule is CN(C)C1CCN(C(C(=O)NN)c2ccccc2)C1. The van der Waals surface area contributed by atoms with Gasteiger partial charge in [0.25, 0.3) is 5.91 Å². The maximum absolute atomic E-state index is 12.1. The van der Waals surface area contributed by atoms with Gasteiger partial charge in [-0.25, -0.2) is 5.84 Å². The van der Waals surface area contributed by atoms with E-state index in [9.17, 15) is 4.79 Å². The largest absolute Gasteiger partial charge is 0.305 e. The zero-order chi connectivity index (χ0) is 13.8. The molecular formula is C14H22N4O. The summed E-state index contributed by atoms with van der Waals surface area (Å²) in [5.74, 6) is 5.19. The van der Waals surface area contributed by atoms with E-state index in [-0.39, 0.29) is 11.9 Å². The summed E-state index contributed by atoms with van der Waals surface area (Å²) < 4.78 is 0. The second-order valence-corrected chi connectivity index (χ2v) is 5.22. The van der Waals surface area contributed by atoms with Crippen LogP contribution in [0.15, 0.2) is 30.3 Å². The maximum Gasteiger partial charge on any atom is 0.255 e. The second-order valence-electron chi connectivity index (χ2n) is 5.22. The molecule has 0 aromatic heterocycles. The predicted molar refractivity (Wildman–Crippen MR) is 75.2 cm³/mol. The van der Waals surface area contributed by atoms with E-state index in [1.165, 1.54) is 0 Å². The number of benzene rings is 1. The Morgan fingerprint density at radius 2 is 2.11 bits per heavy atom. The van der Waals surface area contributed by atoms with Crippen LogP contribution in [0.3, 0.4) is 0 Å². The van der Waals surface area contributed by atoms with Gasteiger partial charge in [0, 0.05) is 19.1 Å². The van der Waals surface area contributed by atoms with Crippen LogP contribution >= 0.6 is 0 Å². The van der Waals surface area contributed by atoms with Crippen LogP contribution in [0.25, 0.3) is 0 Å². The third kappa shape index (κ3) is 3.12. The number of rotatable bonds is 4. The van der Waals surface area contributed by atoms with Crippen molar-refractivity contribution >= 4 is 5.91 Å². The molecule has 0 saturated carbocycles. The molecule has 1 aliphatic heterocycles. The summed E-state index contributed by atoms with van der Waals surface area (Å²) in [6.07, 6.45) is 1.08. The van der Waals surface area contributed by atoms with Crippen molar-refractivity contribution in [3.05, 3.63) is 35.9 Å². The zero-order valence-electron chi connectivity index (χ0n) is 11.5. The fourth-order valence-corrected chi connectivity index (χ4v) is 2.67. The molecule has 0 bridgehead atoms. The van der Waals surface area contributed by atoms with E-state index in [2.05, 4.69) is 29.3 Å². The lowest BCUT2D eigenvalue weighted by atomic mass is 10.1. The smallest absolute Gasteiger partial charge is 0.255 e. The van der Waals surface area contributed by atoms with Crippen LogP contribution in [0.5, 0.6) is 0 Å². The molecule has 5 heteroatoms. The van der Waals surface area contributed by atoms with Crippen molar-refractivity contribution < 1.29 is 4.79 Å². The van der Waals surface area contributed by atoms with Crippen molar-refractivity contribution in [2.75, 3.05) is 27.2 Å². The van der Waals surface area contributed by atoms with Crippen LogP contribution in [0, 0.1) is 0 Å². The number of amides is 1. The number of nitrogens with one attached hydrogen (secondary N) is 1. The topological polar surface area (TPSA) is 61.6 Å². The number of hydrogen-bond acceptors (Lipinski definition) is 4. The lowest BCUT2D eigenvalue weighted by Crippen LogP contribution is -2.43. The lowest BCUT2D eigenvalue weighted by molar-refractivity contribution is -0.126. The van der Waals surface area contributed by atoms with Gasteiger partial charge < -0.3 is 4.90 Å². The lowest BCUT2D eigenvalue weighted by Gasteiger charge is -2.27. The quantitative estimate of drug-likeness (QED) is 0.467. The number of carbonyl (C=O) groups excluding carboxylic acids is 1.